The first kappa shape index (κ1) is 13.8. The van der Waals surface area contributed by atoms with Crippen molar-refractivity contribution in [3.05, 3.63) is 0 Å². The molecule has 0 spiro atoms. The van der Waals surface area contributed by atoms with Crippen LogP contribution in [0.4, 0.5) is 8.78 Å². The van der Waals surface area contributed by atoms with E-state index in [1.165, 1.54) is 0 Å². The maximum atomic E-state index is 11.8. The number of halogens is 2. The van der Waals surface area contributed by atoms with Crippen molar-refractivity contribution in [3.63, 3.8) is 0 Å². The summed E-state index contributed by atoms with van der Waals surface area (Å²) in [5, 5.41) is 3.31. The molecule has 0 bridgehead atoms. The summed E-state index contributed by atoms with van der Waals surface area (Å²) >= 11 is 0. The molecule has 0 heterocycles. The maximum Gasteiger partial charge on any atom is 0.261 e. The molecular weight excluding hydrogens is 216 g/mol. The second-order valence-corrected chi connectivity index (χ2v) is 4.14. The molecule has 0 aromatic rings. The average Bonchev–Trinajstić information content (AvgIpc) is 2.28. The van der Waals surface area contributed by atoms with Crippen LogP contribution in [-0.2, 0) is 9.47 Å². The number of ether oxygens (including phenoxy) is 2. The van der Waals surface area contributed by atoms with Gasteiger partial charge in [-0.25, -0.2) is 8.78 Å². The van der Waals surface area contributed by atoms with Gasteiger partial charge in [0.1, 0.15) is 6.61 Å². The molecule has 1 N–H and O–H groups in total. The third-order valence-corrected chi connectivity index (χ3v) is 2.88. The number of hydrogen-bond acceptors (Lipinski definition) is 3. The minimum absolute atomic E-state index is 0.341. The van der Waals surface area contributed by atoms with E-state index in [0.29, 0.717) is 25.3 Å². The van der Waals surface area contributed by atoms with E-state index in [4.69, 9.17) is 9.47 Å². The summed E-state index contributed by atoms with van der Waals surface area (Å²) in [7, 11) is 1.73. The fourth-order valence-corrected chi connectivity index (χ4v) is 2.05. The Labute approximate surface area is 95.5 Å². The van der Waals surface area contributed by atoms with Crippen molar-refractivity contribution in [1.29, 1.82) is 0 Å². The van der Waals surface area contributed by atoms with E-state index >= 15 is 0 Å². The molecule has 0 aliphatic heterocycles. The van der Waals surface area contributed by atoms with Crippen molar-refractivity contribution >= 4 is 0 Å². The Kier molecular flexibility index (Phi) is 6.84. The van der Waals surface area contributed by atoms with Gasteiger partial charge in [-0.15, -0.1) is 0 Å². The van der Waals surface area contributed by atoms with E-state index in [9.17, 15) is 8.78 Å². The number of alkyl halides is 2. The quantitative estimate of drug-likeness (QED) is 0.685. The zero-order chi connectivity index (χ0) is 11.8. The fraction of sp³-hybridized carbons (Fsp3) is 1.00. The highest BCUT2D eigenvalue weighted by Crippen LogP contribution is 2.20. The van der Waals surface area contributed by atoms with E-state index in [1.807, 2.05) is 0 Å². The normalized spacial score (nSPS) is 26.2. The Balaban J connectivity index is 1.99. The maximum absolute atomic E-state index is 11.8. The van der Waals surface area contributed by atoms with Crippen LogP contribution in [0.2, 0.25) is 0 Å². The molecule has 0 saturated heterocycles. The minimum atomic E-state index is -2.37. The first-order chi connectivity index (χ1) is 7.72. The van der Waals surface area contributed by atoms with Crippen LogP contribution >= 0.6 is 0 Å². The van der Waals surface area contributed by atoms with Crippen LogP contribution < -0.4 is 5.32 Å². The Hall–Kier alpha value is -0.260. The molecule has 1 aliphatic rings. The average molecular weight is 237 g/mol. The molecule has 5 heteroatoms. The predicted octanol–water partition coefficient (Wildman–Crippen LogP) is 1.82. The molecule has 1 saturated carbocycles. The minimum Gasteiger partial charge on any atom is -0.381 e. The van der Waals surface area contributed by atoms with Crippen LogP contribution in [-0.4, -0.2) is 45.4 Å². The van der Waals surface area contributed by atoms with E-state index in [1.54, 1.807) is 7.11 Å². The van der Waals surface area contributed by atoms with Crippen LogP contribution in [0.1, 0.15) is 25.7 Å². The molecule has 0 aromatic heterocycles. The Morgan fingerprint density at radius 3 is 2.88 bits per heavy atom. The molecule has 3 nitrogen and oxygen atoms in total. The molecule has 2 unspecified atom stereocenters. The van der Waals surface area contributed by atoms with Crippen molar-refractivity contribution in [1.82, 2.24) is 5.32 Å². The molecular formula is C11H21F2NO2. The van der Waals surface area contributed by atoms with E-state index in [0.717, 1.165) is 25.7 Å². The van der Waals surface area contributed by atoms with Gasteiger partial charge in [-0.1, -0.05) is 0 Å². The largest absolute Gasteiger partial charge is 0.381 e. The van der Waals surface area contributed by atoms with Gasteiger partial charge in [0.25, 0.3) is 6.43 Å². The van der Waals surface area contributed by atoms with Gasteiger partial charge in [0, 0.05) is 19.7 Å². The van der Waals surface area contributed by atoms with Gasteiger partial charge in [0.2, 0.25) is 0 Å². The third kappa shape index (κ3) is 5.72. The molecule has 1 rings (SSSR count). The first-order valence-corrected chi connectivity index (χ1v) is 5.84. The summed E-state index contributed by atoms with van der Waals surface area (Å²) in [4.78, 5) is 0. The van der Waals surface area contributed by atoms with Crippen molar-refractivity contribution in [3.8, 4) is 0 Å². The molecule has 2 atom stereocenters. The zero-order valence-electron chi connectivity index (χ0n) is 9.75. The lowest BCUT2D eigenvalue weighted by atomic mass is 9.93. The highest BCUT2D eigenvalue weighted by Gasteiger charge is 2.20. The van der Waals surface area contributed by atoms with E-state index < -0.39 is 13.0 Å². The van der Waals surface area contributed by atoms with Gasteiger partial charge in [-0.05, 0) is 25.7 Å². The number of rotatable bonds is 7. The Morgan fingerprint density at radius 1 is 1.38 bits per heavy atom. The first-order valence-electron chi connectivity index (χ1n) is 5.84. The van der Waals surface area contributed by atoms with Crippen LogP contribution in [0, 0.1) is 0 Å². The lowest BCUT2D eigenvalue weighted by Gasteiger charge is -2.28. The van der Waals surface area contributed by atoms with Crippen LogP contribution in [0.25, 0.3) is 0 Å². The van der Waals surface area contributed by atoms with Crippen LogP contribution in [0.5, 0.6) is 0 Å². The second-order valence-electron chi connectivity index (χ2n) is 4.14. The summed E-state index contributed by atoms with van der Waals surface area (Å²) in [6.07, 6.45) is 2.39. The lowest BCUT2D eigenvalue weighted by molar-refractivity contribution is 0.0162. The molecule has 0 radical (unpaired) electrons. The van der Waals surface area contributed by atoms with Gasteiger partial charge in [-0.3, -0.25) is 0 Å². The monoisotopic (exact) mass is 237 g/mol. The van der Waals surface area contributed by atoms with Gasteiger partial charge in [0.15, 0.2) is 0 Å². The number of nitrogens with one attached hydrogen (secondary N) is 1. The second kappa shape index (κ2) is 7.92. The topological polar surface area (TPSA) is 30.5 Å². The van der Waals surface area contributed by atoms with Gasteiger partial charge < -0.3 is 14.8 Å². The smallest absolute Gasteiger partial charge is 0.261 e. The van der Waals surface area contributed by atoms with Gasteiger partial charge in [-0.2, -0.15) is 0 Å². The molecule has 0 aromatic carbocycles. The number of methoxy groups -OCH3 is 1. The van der Waals surface area contributed by atoms with Crippen molar-refractivity contribution < 1.29 is 18.3 Å². The van der Waals surface area contributed by atoms with Gasteiger partial charge >= 0.3 is 0 Å². The fourth-order valence-electron chi connectivity index (χ4n) is 2.05. The van der Waals surface area contributed by atoms with Crippen molar-refractivity contribution in [2.24, 2.45) is 0 Å². The van der Waals surface area contributed by atoms with Crippen LogP contribution in [0.3, 0.4) is 0 Å². The molecule has 16 heavy (non-hydrogen) atoms. The predicted molar refractivity (Wildman–Crippen MR) is 57.9 cm³/mol. The third-order valence-electron chi connectivity index (χ3n) is 2.88. The van der Waals surface area contributed by atoms with Crippen molar-refractivity contribution in [2.45, 2.75) is 44.3 Å². The summed E-state index contributed by atoms with van der Waals surface area (Å²) < 4.78 is 33.6. The highest BCUT2D eigenvalue weighted by atomic mass is 19.3. The lowest BCUT2D eigenvalue weighted by Crippen LogP contribution is -2.38. The Morgan fingerprint density at radius 2 is 2.19 bits per heavy atom. The van der Waals surface area contributed by atoms with E-state index in [2.05, 4.69) is 5.32 Å². The zero-order valence-corrected chi connectivity index (χ0v) is 9.75. The van der Waals surface area contributed by atoms with Crippen LogP contribution in [0.15, 0.2) is 0 Å². The molecule has 96 valence electrons. The number of hydrogen-bond donors (Lipinski definition) is 1. The summed E-state index contributed by atoms with van der Waals surface area (Å²) in [5.74, 6) is 0. The standard InChI is InChI=1S/C11H21F2NO2/c1-15-10-4-2-3-9(7-10)14-5-6-16-8-11(12)13/h9-11,14H,2-8H2,1H3. The highest BCUT2D eigenvalue weighted by molar-refractivity contribution is 4.77. The van der Waals surface area contributed by atoms with E-state index in [-0.39, 0.29) is 0 Å². The summed E-state index contributed by atoms with van der Waals surface area (Å²) in [6.45, 7) is 0.513. The molecule has 1 aliphatic carbocycles. The Bertz CT molecular complexity index is 181. The summed E-state index contributed by atoms with van der Waals surface area (Å²) in [5.41, 5.74) is 0. The molecule has 0 amide bonds. The molecule has 1 fully saturated rings. The SMILES string of the molecule is COC1CCCC(NCCOCC(F)F)C1. The summed E-state index contributed by atoms with van der Waals surface area (Å²) in [6, 6.07) is 0.439. The van der Waals surface area contributed by atoms with Gasteiger partial charge in [0.05, 0.1) is 12.7 Å². The van der Waals surface area contributed by atoms with Crippen molar-refractivity contribution in [2.75, 3.05) is 26.9 Å².